The number of fused-ring (bicyclic) bond motifs is 1. The van der Waals surface area contributed by atoms with Gasteiger partial charge in [-0.05, 0) is 49.2 Å². The highest BCUT2D eigenvalue weighted by molar-refractivity contribution is 6.08. The molecular weight excluding hydrogens is 344 g/mol. The van der Waals surface area contributed by atoms with E-state index in [1.54, 1.807) is 18.2 Å². The molecule has 0 radical (unpaired) electrons. The van der Waals surface area contributed by atoms with E-state index in [1.165, 1.54) is 20.3 Å². The molecular formula is C22H22O5. The van der Waals surface area contributed by atoms with Crippen molar-refractivity contribution in [3.63, 3.8) is 0 Å². The highest BCUT2D eigenvalue weighted by atomic mass is 16.5. The van der Waals surface area contributed by atoms with E-state index in [4.69, 9.17) is 13.9 Å². The van der Waals surface area contributed by atoms with Gasteiger partial charge in [-0.1, -0.05) is 24.6 Å². The molecule has 5 heteroatoms. The van der Waals surface area contributed by atoms with Crippen molar-refractivity contribution in [2.45, 2.75) is 20.3 Å². The van der Waals surface area contributed by atoms with Gasteiger partial charge in [0, 0.05) is 10.9 Å². The average molecular weight is 366 g/mol. The van der Waals surface area contributed by atoms with Crippen molar-refractivity contribution in [3.05, 3.63) is 58.9 Å². The molecule has 0 aliphatic heterocycles. The number of phenols is 1. The van der Waals surface area contributed by atoms with Gasteiger partial charge < -0.3 is 19.0 Å². The minimum Gasteiger partial charge on any atom is -0.502 e. The second kappa shape index (κ2) is 7.58. The van der Waals surface area contributed by atoms with Gasteiger partial charge in [0.2, 0.25) is 11.5 Å². The fourth-order valence-electron chi connectivity index (χ4n) is 3.07. The van der Waals surface area contributed by atoms with E-state index >= 15 is 0 Å². The summed E-state index contributed by atoms with van der Waals surface area (Å²) in [6, 6.07) is 9.15. The van der Waals surface area contributed by atoms with Crippen molar-refractivity contribution in [1.82, 2.24) is 0 Å². The Morgan fingerprint density at radius 2 is 1.81 bits per heavy atom. The molecule has 0 saturated heterocycles. The van der Waals surface area contributed by atoms with Gasteiger partial charge in [-0.2, -0.15) is 0 Å². The molecule has 140 valence electrons. The number of aryl methyl sites for hydroxylation is 2. The van der Waals surface area contributed by atoms with Crippen molar-refractivity contribution in [2.75, 3.05) is 14.2 Å². The van der Waals surface area contributed by atoms with E-state index in [0.29, 0.717) is 23.3 Å². The molecule has 5 nitrogen and oxygen atoms in total. The number of aromatic hydroxyl groups is 1. The summed E-state index contributed by atoms with van der Waals surface area (Å²) in [4.78, 5) is 12.7. The number of allylic oxidation sites excluding steroid dienone is 1. The topological polar surface area (TPSA) is 68.9 Å². The summed E-state index contributed by atoms with van der Waals surface area (Å²) in [5, 5.41) is 11.0. The third kappa shape index (κ3) is 3.53. The predicted octanol–water partition coefficient (Wildman–Crippen LogP) is 4.92. The SMILES string of the molecule is CCc1c(C(=O)/C=C/c2cc(OC)c(O)c(OC)c2)oc2ccc(C)cc12. The van der Waals surface area contributed by atoms with Crippen LogP contribution in [0.15, 0.2) is 40.8 Å². The third-order valence-electron chi connectivity index (χ3n) is 4.45. The van der Waals surface area contributed by atoms with Crippen LogP contribution in [-0.2, 0) is 6.42 Å². The minimum absolute atomic E-state index is 0.0793. The summed E-state index contributed by atoms with van der Waals surface area (Å²) >= 11 is 0. The Bertz CT molecular complexity index is 1000. The number of ketones is 1. The number of phenolic OH excluding ortho intramolecular Hbond substituents is 1. The molecule has 0 fully saturated rings. The van der Waals surface area contributed by atoms with Gasteiger partial charge in [0.05, 0.1) is 14.2 Å². The lowest BCUT2D eigenvalue weighted by molar-refractivity contribution is 0.102. The summed E-state index contributed by atoms with van der Waals surface area (Å²) in [5.41, 5.74) is 3.40. The number of methoxy groups -OCH3 is 2. The van der Waals surface area contributed by atoms with Gasteiger partial charge in [0.25, 0.3) is 0 Å². The quantitative estimate of drug-likeness (QED) is 0.495. The maximum Gasteiger partial charge on any atom is 0.221 e. The number of carbonyl (C=O) groups excluding carboxylic acids is 1. The van der Waals surface area contributed by atoms with Crippen molar-refractivity contribution in [2.24, 2.45) is 0 Å². The normalized spacial score (nSPS) is 11.3. The lowest BCUT2D eigenvalue weighted by Gasteiger charge is -2.09. The highest BCUT2D eigenvalue weighted by Crippen LogP contribution is 2.37. The van der Waals surface area contributed by atoms with Crippen molar-refractivity contribution in [3.8, 4) is 17.2 Å². The van der Waals surface area contributed by atoms with Gasteiger partial charge >= 0.3 is 0 Å². The maximum absolute atomic E-state index is 12.7. The first-order valence-corrected chi connectivity index (χ1v) is 8.67. The van der Waals surface area contributed by atoms with Crippen LogP contribution in [0.4, 0.5) is 0 Å². The molecule has 0 bridgehead atoms. The number of furan rings is 1. The van der Waals surface area contributed by atoms with Crippen LogP contribution in [0.2, 0.25) is 0 Å². The molecule has 0 aliphatic rings. The van der Waals surface area contributed by atoms with Crippen LogP contribution < -0.4 is 9.47 Å². The largest absolute Gasteiger partial charge is 0.502 e. The molecule has 0 unspecified atom stereocenters. The summed E-state index contributed by atoms with van der Waals surface area (Å²) in [7, 11) is 2.91. The first-order valence-electron chi connectivity index (χ1n) is 8.67. The molecule has 1 aromatic heterocycles. The Morgan fingerprint density at radius 3 is 2.41 bits per heavy atom. The molecule has 0 saturated carbocycles. The Morgan fingerprint density at radius 1 is 1.15 bits per heavy atom. The Hall–Kier alpha value is -3.21. The lowest BCUT2D eigenvalue weighted by Crippen LogP contribution is -1.96. The van der Waals surface area contributed by atoms with Crippen molar-refractivity contribution < 1.29 is 23.8 Å². The summed E-state index contributed by atoms with van der Waals surface area (Å²) in [5.74, 6) is 0.605. The van der Waals surface area contributed by atoms with E-state index < -0.39 is 0 Å². The molecule has 0 atom stereocenters. The Kier molecular flexibility index (Phi) is 5.21. The maximum atomic E-state index is 12.7. The second-order valence-corrected chi connectivity index (χ2v) is 6.23. The number of ether oxygens (including phenoxy) is 2. The average Bonchev–Trinajstić information content (AvgIpc) is 3.04. The van der Waals surface area contributed by atoms with Gasteiger partial charge in [0.1, 0.15) is 5.58 Å². The number of hydrogen-bond donors (Lipinski definition) is 1. The molecule has 0 spiro atoms. The summed E-state index contributed by atoms with van der Waals surface area (Å²) in [6.07, 6.45) is 3.80. The minimum atomic E-state index is -0.216. The van der Waals surface area contributed by atoms with Crippen molar-refractivity contribution >= 4 is 22.8 Å². The van der Waals surface area contributed by atoms with Crippen molar-refractivity contribution in [1.29, 1.82) is 0 Å². The zero-order chi connectivity index (χ0) is 19.6. The number of benzene rings is 2. The Labute approximate surface area is 157 Å². The summed E-state index contributed by atoms with van der Waals surface area (Å²) < 4.78 is 16.1. The van der Waals surface area contributed by atoms with Crippen LogP contribution in [0.3, 0.4) is 0 Å². The number of carbonyl (C=O) groups is 1. The third-order valence-corrected chi connectivity index (χ3v) is 4.45. The lowest BCUT2D eigenvalue weighted by atomic mass is 10.0. The van der Waals surface area contributed by atoms with Crippen LogP contribution in [0, 0.1) is 6.92 Å². The Balaban J connectivity index is 1.97. The van der Waals surface area contributed by atoms with Crippen LogP contribution >= 0.6 is 0 Å². The van der Waals surface area contributed by atoms with E-state index in [9.17, 15) is 9.90 Å². The first-order chi connectivity index (χ1) is 13.0. The van der Waals surface area contributed by atoms with Crippen LogP contribution in [0.25, 0.3) is 17.0 Å². The van der Waals surface area contributed by atoms with Crippen LogP contribution in [-0.4, -0.2) is 25.1 Å². The van der Waals surface area contributed by atoms with Crippen LogP contribution in [0.5, 0.6) is 17.2 Å². The molecule has 3 aromatic rings. The van der Waals surface area contributed by atoms with Gasteiger partial charge in [-0.15, -0.1) is 0 Å². The zero-order valence-electron chi connectivity index (χ0n) is 15.8. The molecule has 1 N–H and O–H groups in total. The number of rotatable bonds is 6. The standard InChI is InChI=1S/C22H22O5/c1-5-15-16-10-13(2)6-9-18(16)27-22(15)17(23)8-7-14-11-19(25-3)21(24)20(12-14)26-4/h6-12,24H,5H2,1-4H3/b8-7+. The van der Waals surface area contributed by atoms with E-state index in [0.717, 1.165) is 16.5 Å². The van der Waals surface area contributed by atoms with E-state index in [2.05, 4.69) is 0 Å². The van der Waals surface area contributed by atoms with E-state index in [1.807, 2.05) is 32.0 Å². The van der Waals surface area contributed by atoms with Gasteiger partial charge in [-0.3, -0.25) is 4.79 Å². The predicted molar refractivity (Wildman–Crippen MR) is 105 cm³/mol. The molecule has 27 heavy (non-hydrogen) atoms. The smallest absolute Gasteiger partial charge is 0.221 e. The molecule has 2 aromatic carbocycles. The van der Waals surface area contributed by atoms with Gasteiger partial charge in [-0.25, -0.2) is 0 Å². The molecule has 3 rings (SSSR count). The fraction of sp³-hybridized carbons (Fsp3) is 0.227. The molecule has 0 aliphatic carbocycles. The first kappa shape index (κ1) is 18.6. The monoisotopic (exact) mass is 366 g/mol. The fourth-order valence-corrected chi connectivity index (χ4v) is 3.07. The zero-order valence-corrected chi connectivity index (χ0v) is 15.8. The van der Waals surface area contributed by atoms with Gasteiger partial charge in [0.15, 0.2) is 17.3 Å². The van der Waals surface area contributed by atoms with Crippen LogP contribution in [0.1, 0.15) is 34.2 Å². The number of hydrogen-bond acceptors (Lipinski definition) is 5. The van der Waals surface area contributed by atoms with E-state index in [-0.39, 0.29) is 23.0 Å². The second-order valence-electron chi connectivity index (χ2n) is 6.23. The molecule has 0 amide bonds. The molecule has 1 heterocycles. The highest BCUT2D eigenvalue weighted by Gasteiger charge is 2.18. The summed E-state index contributed by atoms with van der Waals surface area (Å²) in [6.45, 7) is 4.02.